The van der Waals surface area contributed by atoms with Crippen LogP contribution in [0.5, 0.6) is 0 Å². The van der Waals surface area contributed by atoms with Gasteiger partial charge in [0.25, 0.3) is 0 Å². The molecule has 2 aliphatic rings. The molecule has 0 aromatic heterocycles. The van der Waals surface area contributed by atoms with Crippen LogP contribution in [0.4, 0.5) is 0 Å². The highest BCUT2D eigenvalue weighted by Crippen LogP contribution is 2.21. The van der Waals surface area contributed by atoms with Crippen molar-refractivity contribution in [2.24, 2.45) is 0 Å². The zero-order valence-electron chi connectivity index (χ0n) is 6.84. The van der Waals surface area contributed by atoms with E-state index in [1.165, 1.54) is 12.8 Å². The van der Waals surface area contributed by atoms with E-state index in [1.807, 2.05) is 6.92 Å². The van der Waals surface area contributed by atoms with E-state index in [0.717, 1.165) is 13.1 Å². The quantitative estimate of drug-likeness (QED) is 0.531. The van der Waals surface area contributed by atoms with Crippen molar-refractivity contribution in [3.8, 4) is 0 Å². The highest BCUT2D eigenvalue weighted by molar-refractivity contribution is 5.82. The topological polar surface area (TPSA) is 32.3 Å². The Labute approximate surface area is 66.8 Å². The predicted molar refractivity (Wildman–Crippen MR) is 42.2 cm³/mol. The van der Waals surface area contributed by atoms with Gasteiger partial charge in [-0.15, -0.1) is 0 Å². The van der Waals surface area contributed by atoms with Crippen LogP contribution >= 0.6 is 0 Å². The molecule has 0 aromatic rings. The molecule has 2 unspecified atom stereocenters. The van der Waals surface area contributed by atoms with Gasteiger partial charge in [-0.2, -0.15) is 0 Å². The number of nitrogens with one attached hydrogen (secondary N) is 1. The summed E-state index contributed by atoms with van der Waals surface area (Å²) in [5, 5.41) is 2.92. The van der Waals surface area contributed by atoms with Crippen LogP contribution in [-0.2, 0) is 4.79 Å². The molecule has 2 fully saturated rings. The maximum Gasteiger partial charge on any atom is 0.237 e. The van der Waals surface area contributed by atoms with E-state index in [9.17, 15) is 4.79 Å². The molecule has 2 heterocycles. The molecule has 3 nitrogen and oxygen atoms in total. The van der Waals surface area contributed by atoms with E-state index in [2.05, 4.69) is 10.2 Å². The normalized spacial score (nSPS) is 38.5. The first-order valence-electron chi connectivity index (χ1n) is 4.32. The lowest BCUT2D eigenvalue weighted by molar-refractivity contribution is -0.129. The van der Waals surface area contributed by atoms with E-state index >= 15 is 0 Å². The summed E-state index contributed by atoms with van der Waals surface area (Å²) < 4.78 is 0. The third kappa shape index (κ3) is 1.03. The Morgan fingerprint density at radius 1 is 1.64 bits per heavy atom. The lowest BCUT2D eigenvalue weighted by Crippen LogP contribution is -2.56. The van der Waals surface area contributed by atoms with Crippen molar-refractivity contribution in [2.45, 2.75) is 31.8 Å². The molecule has 0 spiro atoms. The fraction of sp³-hybridized carbons (Fsp3) is 0.875. The van der Waals surface area contributed by atoms with Crippen LogP contribution in [0.25, 0.3) is 0 Å². The Morgan fingerprint density at radius 3 is 3.27 bits per heavy atom. The fourth-order valence-electron chi connectivity index (χ4n) is 2.10. The number of piperazine rings is 1. The van der Waals surface area contributed by atoms with Gasteiger partial charge in [0, 0.05) is 12.6 Å². The Bertz CT molecular complexity index is 181. The second-order valence-corrected chi connectivity index (χ2v) is 3.46. The number of rotatable bonds is 0. The molecular formula is C8H14N2O. The van der Waals surface area contributed by atoms with Gasteiger partial charge in [-0.1, -0.05) is 0 Å². The zero-order chi connectivity index (χ0) is 7.84. The maximum absolute atomic E-state index is 11.2. The van der Waals surface area contributed by atoms with Gasteiger partial charge in [0.2, 0.25) is 5.91 Å². The van der Waals surface area contributed by atoms with Crippen LogP contribution in [0.2, 0.25) is 0 Å². The highest BCUT2D eigenvalue weighted by Gasteiger charge is 2.35. The molecule has 62 valence electrons. The van der Waals surface area contributed by atoms with Gasteiger partial charge in [0.1, 0.15) is 0 Å². The summed E-state index contributed by atoms with van der Waals surface area (Å²) in [5.41, 5.74) is 0. The number of hydrogen-bond acceptors (Lipinski definition) is 2. The van der Waals surface area contributed by atoms with Crippen LogP contribution in [0.15, 0.2) is 0 Å². The monoisotopic (exact) mass is 154 g/mol. The minimum Gasteiger partial charge on any atom is -0.353 e. The van der Waals surface area contributed by atoms with Gasteiger partial charge in [0.05, 0.1) is 6.04 Å². The van der Waals surface area contributed by atoms with Crippen molar-refractivity contribution in [1.29, 1.82) is 0 Å². The SMILES string of the molecule is CC1C(=O)NCC2CCCN21. The summed E-state index contributed by atoms with van der Waals surface area (Å²) >= 11 is 0. The number of carbonyl (C=O) groups is 1. The molecule has 0 bridgehead atoms. The standard InChI is InChI=1S/C8H14N2O/c1-6-8(11)9-5-7-3-2-4-10(6)7/h6-7H,2-5H2,1H3,(H,9,11). The van der Waals surface area contributed by atoms with Gasteiger partial charge >= 0.3 is 0 Å². The van der Waals surface area contributed by atoms with Crippen molar-refractivity contribution < 1.29 is 4.79 Å². The molecule has 11 heavy (non-hydrogen) atoms. The van der Waals surface area contributed by atoms with Gasteiger partial charge in [-0.25, -0.2) is 0 Å². The summed E-state index contributed by atoms with van der Waals surface area (Å²) in [6.45, 7) is 3.97. The molecule has 1 amide bonds. The molecule has 0 radical (unpaired) electrons. The summed E-state index contributed by atoms with van der Waals surface area (Å²) in [6.07, 6.45) is 2.51. The Hall–Kier alpha value is -0.570. The maximum atomic E-state index is 11.2. The van der Waals surface area contributed by atoms with Crippen molar-refractivity contribution in [3.05, 3.63) is 0 Å². The first-order valence-corrected chi connectivity index (χ1v) is 4.32. The average Bonchev–Trinajstić information content (AvgIpc) is 2.45. The lowest BCUT2D eigenvalue weighted by Gasteiger charge is -2.34. The third-order valence-corrected chi connectivity index (χ3v) is 2.81. The molecule has 2 rings (SSSR count). The third-order valence-electron chi connectivity index (χ3n) is 2.81. The molecular weight excluding hydrogens is 140 g/mol. The van der Waals surface area contributed by atoms with Crippen molar-refractivity contribution in [2.75, 3.05) is 13.1 Å². The van der Waals surface area contributed by atoms with E-state index < -0.39 is 0 Å². The Morgan fingerprint density at radius 2 is 2.45 bits per heavy atom. The second kappa shape index (κ2) is 2.48. The summed E-state index contributed by atoms with van der Waals surface area (Å²) in [5.74, 6) is 0.197. The van der Waals surface area contributed by atoms with E-state index in [4.69, 9.17) is 0 Å². The molecule has 0 aliphatic carbocycles. The molecule has 2 atom stereocenters. The first kappa shape index (κ1) is 7.10. The molecule has 3 heteroatoms. The van der Waals surface area contributed by atoms with Gasteiger partial charge < -0.3 is 5.32 Å². The van der Waals surface area contributed by atoms with Crippen LogP contribution in [0, 0.1) is 0 Å². The van der Waals surface area contributed by atoms with Crippen LogP contribution < -0.4 is 5.32 Å². The number of fused-ring (bicyclic) bond motifs is 1. The Balaban J connectivity index is 2.11. The summed E-state index contributed by atoms with van der Waals surface area (Å²) in [7, 11) is 0. The van der Waals surface area contributed by atoms with Crippen molar-refractivity contribution >= 4 is 5.91 Å². The van der Waals surface area contributed by atoms with E-state index in [-0.39, 0.29) is 11.9 Å². The van der Waals surface area contributed by atoms with Crippen molar-refractivity contribution in [1.82, 2.24) is 10.2 Å². The van der Waals surface area contributed by atoms with Crippen LogP contribution in [0.1, 0.15) is 19.8 Å². The van der Waals surface area contributed by atoms with Gasteiger partial charge in [-0.3, -0.25) is 9.69 Å². The van der Waals surface area contributed by atoms with Crippen LogP contribution in [-0.4, -0.2) is 36.0 Å². The largest absolute Gasteiger partial charge is 0.353 e. The first-order chi connectivity index (χ1) is 5.29. The van der Waals surface area contributed by atoms with E-state index in [1.54, 1.807) is 0 Å². The number of nitrogens with zero attached hydrogens (tertiary/aromatic N) is 1. The molecule has 1 N–H and O–H groups in total. The highest BCUT2D eigenvalue weighted by atomic mass is 16.2. The van der Waals surface area contributed by atoms with Crippen LogP contribution in [0.3, 0.4) is 0 Å². The number of amides is 1. The van der Waals surface area contributed by atoms with Crippen molar-refractivity contribution in [3.63, 3.8) is 0 Å². The molecule has 2 saturated heterocycles. The fourth-order valence-corrected chi connectivity index (χ4v) is 2.10. The van der Waals surface area contributed by atoms with E-state index in [0.29, 0.717) is 6.04 Å². The smallest absolute Gasteiger partial charge is 0.237 e. The zero-order valence-corrected chi connectivity index (χ0v) is 6.84. The summed E-state index contributed by atoms with van der Waals surface area (Å²) in [6, 6.07) is 0.735. The lowest BCUT2D eigenvalue weighted by atomic mass is 10.1. The minimum absolute atomic E-state index is 0.108. The summed E-state index contributed by atoms with van der Waals surface area (Å²) in [4.78, 5) is 13.5. The predicted octanol–water partition coefficient (Wildman–Crippen LogP) is -0.0309. The average molecular weight is 154 g/mol. The Kier molecular flexibility index (Phi) is 1.60. The van der Waals surface area contributed by atoms with Gasteiger partial charge in [0.15, 0.2) is 0 Å². The second-order valence-electron chi connectivity index (χ2n) is 3.46. The number of carbonyl (C=O) groups excluding carboxylic acids is 1. The minimum atomic E-state index is 0.108. The number of hydrogen-bond donors (Lipinski definition) is 1. The van der Waals surface area contributed by atoms with Gasteiger partial charge in [-0.05, 0) is 26.3 Å². The molecule has 0 aromatic carbocycles. The molecule has 2 aliphatic heterocycles. The molecule has 0 saturated carbocycles.